The van der Waals surface area contributed by atoms with Gasteiger partial charge >= 0.3 is 0 Å². The van der Waals surface area contributed by atoms with Gasteiger partial charge in [0.2, 0.25) is 10.4 Å². The highest BCUT2D eigenvalue weighted by Gasteiger charge is 2.71. The maximum Gasteiger partial charge on any atom is 0.218 e. The van der Waals surface area contributed by atoms with E-state index in [1.807, 2.05) is 0 Å². The molecule has 208 valence electrons. The zero-order valence-corrected chi connectivity index (χ0v) is 23.7. The Labute approximate surface area is 217 Å². The molecule has 0 bridgehead atoms. The molecule has 0 aromatic carbocycles. The number of hydrogen-bond donors (Lipinski definition) is 3. The molecule has 10 atom stereocenters. The van der Waals surface area contributed by atoms with Gasteiger partial charge in [-0.2, -0.15) is 0 Å². The van der Waals surface area contributed by atoms with Crippen molar-refractivity contribution < 1.29 is 32.5 Å². The molecule has 0 aliphatic heterocycles. The number of aliphatic hydroxyl groups excluding tert-OH is 1. The smallest absolute Gasteiger partial charge is 0.218 e. The molecule has 7 nitrogen and oxygen atoms in total. The van der Waals surface area contributed by atoms with Crippen molar-refractivity contribution >= 4 is 10.4 Å². The Kier molecular flexibility index (Phi) is 7.36. The van der Waals surface area contributed by atoms with Crippen molar-refractivity contribution in [3.8, 4) is 0 Å². The summed E-state index contributed by atoms with van der Waals surface area (Å²) in [6, 6.07) is 0. The summed E-state index contributed by atoms with van der Waals surface area (Å²) >= 11 is 0. The third-order valence-corrected chi connectivity index (χ3v) is 12.0. The Hall–Kier alpha value is -0.510. The maximum absolute atomic E-state index is 12.3. The summed E-state index contributed by atoms with van der Waals surface area (Å²) in [4.78, 5) is 0. The van der Waals surface area contributed by atoms with Crippen molar-refractivity contribution in [2.24, 2.45) is 40.4 Å². The van der Waals surface area contributed by atoms with Crippen molar-refractivity contribution in [1.82, 2.24) is 0 Å². The molecular formula is C28H47O7S-. The van der Waals surface area contributed by atoms with E-state index in [1.165, 1.54) is 6.42 Å². The second kappa shape index (κ2) is 9.30. The van der Waals surface area contributed by atoms with Crippen LogP contribution in [0.25, 0.3) is 0 Å². The van der Waals surface area contributed by atoms with Gasteiger partial charge in [-0.15, -0.1) is 0 Å². The normalized spacial score (nSPS) is 46.5. The molecule has 0 spiro atoms. The number of aliphatic hydroxyl groups is 3. The topological polar surface area (TPSA) is 127 Å². The van der Waals surface area contributed by atoms with E-state index in [2.05, 4.69) is 34.6 Å². The lowest BCUT2D eigenvalue weighted by Gasteiger charge is -2.66. The van der Waals surface area contributed by atoms with Crippen LogP contribution in [0.2, 0.25) is 0 Å². The number of fused-ring (bicyclic) bond motifs is 5. The van der Waals surface area contributed by atoms with Crippen LogP contribution < -0.4 is 0 Å². The summed E-state index contributed by atoms with van der Waals surface area (Å²) in [5, 5.41) is 34.6. The van der Waals surface area contributed by atoms with Gasteiger partial charge in [-0.3, -0.25) is 4.18 Å². The summed E-state index contributed by atoms with van der Waals surface area (Å²) in [6.07, 6.45) is 5.36. The Morgan fingerprint density at radius 2 is 1.72 bits per heavy atom. The average molecular weight is 528 g/mol. The molecule has 4 aliphatic rings. The van der Waals surface area contributed by atoms with E-state index in [1.54, 1.807) is 13.0 Å². The van der Waals surface area contributed by atoms with Gasteiger partial charge in [0.05, 0.1) is 11.7 Å². The van der Waals surface area contributed by atoms with Gasteiger partial charge in [-0.25, -0.2) is 8.42 Å². The van der Waals surface area contributed by atoms with Crippen LogP contribution in [0, 0.1) is 40.4 Å². The fourth-order valence-electron chi connectivity index (χ4n) is 8.75. The molecular weight excluding hydrogens is 480 g/mol. The largest absolute Gasteiger partial charge is 0.726 e. The summed E-state index contributed by atoms with van der Waals surface area (Å²) < 4.78 is 40.1. The van der Waals surface area contributed by atoms with Crippen LogP contribution in [0.4, 0.5) is 0 Å². The highest BCUT2D eigenvalue weighted by molar-refractivity contribution is 7.80. The van der Waals surface area contributed by atoms with E-state index in [-0.39, 0.29) is 17.8 Å². The van der Waals surface area contributed by atoms with Gasteiger partial charge in [-0.1, -0.05) is 54.4 Å². The first kappa shape index (κ1) is 28.5. The molecule has 0 aromatic rings. The molecule has 0 saturated heterocycles. The summed E-state index contributed by atoms with van der Waals surface area (Å²) in [5.41, 5.74) is -3.68. The SMILES string of the molecule is CC(C)C(C)CCC(C)C1CCC2C3=C[C@H](OS(=O)(=O)[O-])[C@@]4(O)C[C@@H](O)CC[C@]4(C)[C@@]3(O)CC[C@@]21C. The van der Waals surface area contributed by atoms with Crippen LogP contribution in [-0.2, 0) is 14.6 Å². The molecule has 3 fully saturated rings. The Balaban J connectivity index is 1.71. The Morgan fingerprint density at radius 1 is 1.06 bits per heavy atom. The van der Waals surface area contributed by atoms with Crippen molar-refractivity contribution in [1.29, 1.82) is 0 Å². The van der Waals surface area contributed by atoms with E-state index in [9.17, 15) is 28.3 Å². The molecule has 8 heteroatoms. The third kappa shape index (κ3) is 4.32. The highest BCUT2D eigenvalue weighted by Crippen LogP contribution is 2.69. The molecule has 4 aliphatic carbocycles. The quantitative estimate of drug-likeness (QED) is 0.256. The summed E-state index contributed by atoms with van der Waals surface area (Å²) in [7, 11) is -5.12. The minimum absolute atomic E-state index is 0.0277. The molecule has 36 heavy (non-hydrogen) atoms. The lowest BCUT2D eigenvalue weighted by molar-refractivity contribution is -0.255. The lowest BCUT2D eigenvalue weighted by atomic mass is 9.43. The summed E-state index contributed by atoms with van der Waals surface area (Å²) in [6.45, 7) is 13.3. The van der Waals surface area contributed by atoms with Crippen LogP contribution in [0.1, 0.15) is 99.3 Å². The van der Waals surface area contributed by atoms with E-state index in [0.717, 1.165) is 31.3 Å². The second-order valence-corrected chi connectivity index (χ2v) is 14.6. The first-order chi connectivity index (χ1) is 16.5. The first-order valence-electron chi connectivity index (χ1n) is 14.0. The van der Waals surface area contributed by atoms with Gasteiger partial charge in [0.15, 0.2) is 0 Å². The predicted octanol–water partition coefficient (Wildman–Crippen LogP) is 4.32. The minimum Gasteiger partial charge on any atom is -0.726 e. The first-order valence-corrected chi connectivity index (χ1v) is 15.3. The fraction of sp³-hybridized carbons (Fsp3) is 0.929. The van der Waals surface area contributed by atoms with E-state index in [4.69, 9.17) is 4.18 Å². The Morgan fingerprint density at radius 3 is 2.33 bits per heavy atom. The van der Waals surface area contributed by atoms with Gasteiger partial charge in [0.25, 0.3) is 0 Å². The van der Waals surface area contributed by atoms with E-state index < -0.39 is 39.2 Å². The molecule has 0 radical (unpaired) electrons. The monoisotopic (exact) mass is 527 g/mol. The maximum atomic E-state index is 12.3. The minimum atomic E-state index is -5.12. The fourth-order valence-corrected chi connectivity index (χ4v) is 9.22. The lowest BCUT2D eigenvalue weighted by Crippen LogP contribution is -2.73. The van der Waals surface area contributed by atoms with Gasteiger partial charge < -0.3 is 19.9 Å². The third-order valence-electron chi connectivity index (χ3n) is 11.6. The standard InChI is InChI=1S/C28H48O7S/c1-17(2)18(3)7-8-19(4)21-9-10-22-23-15-24(35-36(32,33)34)28(31)16-20(29)11-12-26(28,6)27(23,30)14-13-25(21,22)5/h15,17-22,24,29-31H,7-14,16H2,1-6H3,(H,32,33,34)/p-1/t18?,19?,20-,21?,22?,24-,25+,26+,27+,28-/m0/s1. The van der Waals surface area contributed by atoms with Gasteiger partial charge in [0.1, 0.15) is 11.7 Å². The number of hydrogen-bond acceptors (Lipinski definition) is 7. The molecule has 0 aromatic heterocycles. The van der Waals surface area contributed by atoms with E-state index >= 15 is 0 Å². The van der Waals surface area contributed by atoms with Crippen molar-refractivity contribution in [2.75, 3.05) is 0 Å². The van der Waals surface area contributed by atoms with Gasteiger partial charge in [-0.05, 0) is 85.2 Å². The zero-order chi connectivity index (χ0) is 26.9. The molecule has 4 unspecified atom stereocenters. The molecule has 0 amide bonds. The zero-order valence-electron chi connectivity index (χ0n) is 22.9. The van der Waals surface area contributed by atoms with Crippen LogP contribution in [0.5, 0.6) is 0 Å². The van der Waals surface area contributed by atoms with E-state index in [0.29, 0.717) is 42.9 Å². The van der Waals surface area contributed by atoms with Crippen molar-refractivity contribution in [3.05, 3.63) is 11.6 Å². The molecule has 3 N–H and O–H groups in total. The van der Waals surface area contributed by atoms with Crippen LogP contribution in [0.15, 0.2) is 11.6 Å². The average Bonchev–Trinajstić information content (AvgIpc) is 3.11. The van der Waals surface area contributed by atoms with Crippen LogP contribution >= 0.6 is 0 Å². The Bertz CT molecular complexity index is 978. The summed E-state index contributed by atoms with van der Waals surface area (Å²) in [5.74, 6) is 2.37. The molecule has 3 saturated carbocycles. The second-order valence-electron chi connectivity index (χ2n) is 13.6. The highest BCUT2D eigenvalue weighted by atomic mass is 32.3. The van der Waals surface area contributed by atoms with Crippen LogP contribution in [0.3, 0.4) is 0 Å². The molecule has 4 rings (SSSR count). The van der Waals surface area contributed by atoms with Gasteiger partial charge in [0, 0.05) is 11.8 Å². The van der Waals surface area contributed by atoms with Crippen molar-refractivity contribution in [3.63, 3.8) is 0 Å². The number of rotatable bonds is 7. The van der Waals surface area contributed by atoms with Crippen LogP contribution in [-0.4, -0.2) is 51.7 Å². The van der Waals surface area contributed by atoms with Crippen molar-refractivity contribution in [2.45, 2.75) is 123 Å². The molecule has 0 heterocycles. The predicted molar refractivity (Wildman–Crippen MR) is 136 cm³/mol.